The van der Waals surface area contributed by atoms with Gasteiger partial charge in [0, 0.05) is 24.8 Å². The third kappa shape index (κ3) is 4.30. The summed E-state index contributed by atoms with van der Waals surface area (Å²) in [5, 5.41) is 4.02. The average molecular weight is 345 g/mol. The topological polar surface area (TPSA) is 72.4 Å². The molecular formula is C19H27N3O3. The molecule has 0 saturated carbocycles. The molecule has 0 aromatic carbocycles. The molecule has 2 aromatic rings. The summed E-state index contributed by atoms with van der Waals surface area (Å²) in [5.41, 5.74) is -0.152. The summed E-state index contributed by atoms with van der Waals surface area (Å²) >= 11 is 0. The summed E-state index contributed by atoms with van der Waals surface area (Å²) in [5.74, 6) is 2.21. The molecule has 0 unspecified atom stereocenters. The first-order valence-electron chi connectivity index (χ1n) is 9.11. The molecule has 0 spiro atoms. The summed E-state index contributed by atoms with van der Waals surface area (Å²) in [6.45, 7) is 6.90. The predicted molar refractivity (Wildman–Crippen MR) is 92.9 cm³/mol. The number of hydrogen-bond acceptors (Lipinski definition) is 5. The number of hydrogen-bond donors (Lipinski definition) is 0. The van der Waals surface area contributed by atoms with Crippen LogP contribution in [0.3, 0.4) is 0 Å². The molecule has 1 amide bonds. The molecule has 136 valence electrons. The fourth-order valence-electron chi connectivity index (χ4n) is 3.20. The first-order chi connectivity index (χ1) is 11.9. The van der Waals surface area contributed by atoms with Crippen molar-refractivity contribution >= 4 is 5.91 Å². The van der Waals surface area contributed by atoms with E-state index in [2.05, 4.69) is 10.1 Å². The molecule has 0 aliphatic carbocycles. The van der Waals surface area contributed by atoms with Crippen LogP contribution in [0.15, 0.2) is 27.3 Å². The molecule has 1 atom stereocenters. The number of amides is 1. The van der Waals surface area contributed by atoms with Crippen LogP contribution in [0, 0.1) is 0 Å². The summed E-state index contributed by atoms with van der Waals surface area (Å²) < 4.78 is 10.9. The zero-order valence-corrected chi connectivity index (χ0v) is 15.3. The van der Waals surface area contributed by atoms with E-state index in [1.54, 1.807) is 6.26 Å². The Morgan fingerprint density at radius 2 is 2.16 bits per heavy atom. The van der Waals surface area contributed by atoms with Crippen LogP contribution < -0.4 is 0 Å². The molecule has 2 aromatic heterocycles. The van der Waals surface area contributed by atoms with Gasteiger partial charge in [0.2, 0.25) is 11.8 Å². The van der Waals surface area contributed by atoms with Crippen LogP contribution in [-0.2, 0) is 16.6 Å². The van der Waals surface area contributed by atoms with Gasteiger partial charge in [-0.25, -0.2) is 0 Å². The molecule has 0 N–H and O–H groups in total. The van der Waals surface area contributed by atoms with Crippen molar-refractivity contribution in [3.05, 3.63) is 35.9 Å². The minimum Gasteiger partial charge on any atom is -0.467 e. The smallest absolute Gasteiger partial charge is 0.227 e. The van der Waals surface area contributed by atoms with Crippen molar-refractivity contribution in [2.75, 3.05) is 6.54 Å². The lowest BCUT2D eigenvalue weighted by Crippen LogP contribution is -2.34. The zero-order chi connectivity index (χ0) is 17.9. The predicted octanol–water partition coefficient (Wildman–Crippen LogP) is 4.04. The highest BCUT2D eigenvalue weighted by Gasteiger charge is 2.29. The van der Waals surface area contributed by atoms with Crippen LogP contribution >= 0.6 is 0 Å². The number of furan rings is 1. The molecule has 3 heterocycles. The second kappa shape index (κ2) is 7.42. The van der Waals surface area contributed by atoms with E-state index in [4.69, 9.17) is 8.94 Å². The number of carbonyl (C=O) groups is 1. The SMILES string of the molecule is CC(C)(C)c1noc(CCC(=O)N2CCCCC[C@@H]2c2ccco2)n1. The lowest BCUT2D eigenvalue weighted by Gasteiger charge is -2.28. The van der Waals surface area contributed by atoms with Crippen LogP contribution in [0.5, 0.6) is 0 Å². The Balaban J connectivity index is 1.65. The Morgan fingerprint density at radius 3 is 2.84 bits per heavy atom. The van der Waals surface area contributed by atoms with E-state index < -0.39 is 0 Å². The molecule has 0 radical (unpaired) electrons. The first kappa shape index (κ1) is 17.7. The summed E-state index contributed by atoms with van der Waals surface area (Å²) in [6, 6.07) is 3.89. The monoisotopic (exact) mass is 345 g/mol. The molecule has 1 saturated heterocycles. The Morgan fingerprint density at radius 1 is 1.32 bits per heavy atom. The quantitative estimate of drug-likeness (QED) is 0.836. The molecule has 1 aliphatic heterocycles. The van der Waals surface area contributed by atoms with Crippen molar-refractivity contribution in [1.29, 1.82) is 0 Å². The van der Waals surface area contributed by atoms with Gasteiger partial charge < -0.3 is 13.8 Å². The van der Waals surface area contributed by atoms with Gasteiger partial charge in [0.15, 0.2) is 5.82 Å². The number of aromatic nitrogens is 2. The third-order valence-electron chi connectivity index (χ3n) is 4.64. The minimum absolute atomic E-state index is 0.0396. The van der Waals surface area contributed by atoms with Crippen LogP contribution in [0.2, 0.25) is 0 Å². The van der Waals surface area contributed by atoms with Crippen molar-refractivity contribution in [2.24, 2.45) is 0 Å². The molecule has 1 fully saturated rings. The van der Waals surface area contributed by atoms with Gasteiger partial charge in [-0.05, 0) is 25.0 Å². The second-order valence-corrected chi connectivity index (χ2v) is 7.73. The van der Waals surface area contributed by atoms with Crippen LogP contribution in [0.4, 0.5) is 0 Å². The molecule has 1 aliphatic rings. The molecule has 0 bridgehead atoms. The number of carbonyl (C=O) groups excluding carboxylic acids is 1. The van der Waals surface area contributed by atoms with E-state index in [1.807, 2.05) is 37.8 Å². The maximum absolute atomic E-state index is 12.8. The zero-order valence-electron chi connectivity index (χ0n) is 15.3. The largest absolute Gasteiger partial charge is 0.467 e. The lowest BCUT2D eigenvalue weighted by molar-refractivity contribution is -0.134. The van der Waals surface area contributed by atoms with E-state index in [-0.39, 0.29) is 17.4 Å². The highest BCUT2D eigenvalue weighted by Crippen LogP contribution is 2.31. The summed E-state index contributed by atoms with van der Waals surface area (Å²) in [4.78, 5) is 19.2. The van der Waals surface area contributed by atoms with Gasteiger partial charge in [0.1, 0.15) is 5.76 Å². The second-order valence-electron chi connectivity index (χ2n) is 7.73. The Bertz CT molecular complexity index is 685. The summed E-state index contributed by atoms with van der Waals surface area (Å²) in [7, 11) is 0. The van der Waals surface area contributed by atoms with Gasteiger partial charge in [-0.15, -0.1) is 0 Å². The molecule has 6 heteroatoms. The van der Waals surface area contributed by atoms with Gasteiger partial charge in [-0.2, -0.15) is 4.98 Å². The maximum atomic E-state index is 12.8. The third-order valence-corrected chi connectivity index (χ3v) is 4.64. The van der Waals surface area contributed by atoms with E-state index in [0.29, 0.717) is 24.6 Å². The first-order valence-corrected chi connectivity index (χ1v) is 9.11. The number of aryl methyl sites for hydroxylation is 1. The van der Waals surface area contributed by atoms with Gasteiger partial charge in [-0.3, -0.25) is 4.79 Å². The number of rotatable bonds is 4. The van der Waals surface area contributed by atoms with Crippen molar-refractivity contribution < 1.29 is 13.7 Å². The van der Waals surface area contributed by atoms with Crippen molar-refractivity contribution in [1.82, 2.24) is 15.0 Å². The Kier molecular flexibility index (Phi) is 5.25. The van der Waals surface area contributed by atoms with Crippen molar-refractivity contribution in [2.45, 2.75) is 70.8 Å². The van der Waals surface area contributed by atoms with E-state index >= 15 is 0 Å². The molecule has 25 heavy (non-hydrogen) atoms. The van der Waals surface area contributed by atoms with Crippen LogP contribution in [0.1, 0.15) is 76.4 Å². The standard InChI is InChI=1S/C19H27N3O3/c1-19(2,3)18-20-16(25-21-18)10-11-17(23)22-12-6-4-5-8-14(22)15-9-7-13-24-15/h7,9,13-14H,4-6,8,10-12H2,1-3H3/t14-/m1/s1. The van der Waals surface area contributed by atoms with Gasteiger partial charge >= 0.3 is 0 Å². The van der Waals surface area contributed by atoms with Crippen LogP contribution in [-0.4, -0.2) is 27.5 Å². The maximum Gasteiger partial charge on any atom is 0.227 e. The molecule has 3 rings (SSSR count). The van der Waals surface area contributed by atoms with E-state index in [9.17, 15) is 4.79 Å². The van der Waals surface area contributed by atoms with Gasteiger partial charge in [-0.1, -0.05) is 38.8 Å². The Hall–Kier alpha value is -2.11. The highest BCUT2D eigenvalue weighted by molar-refractivity contribution is 5.76. The molecule has 6 nitrogen and oxygen atoms in total. The summed E-state index contributed by atoms with van der Waals surface area (Å²) in [6.07, 6.45) is 6.79. The van der Waals surface area contributed by atoms with Gasteiger partial charge in [0.05, 0.1) is 12.3 Å². The minimum atomic E-state index is -0.152. The highest BCUT2D eigenvalue weighted by atomic mass is 16.5. The van der Waals surface area contributed by atoms with Crippen molar-refractivity contribution in [3.8, 4) is 0 Å². The number of likely N-dealkylation sites (tertiary alicyclic amines) is 1. The normalized spacial score (nSPS) is 19.0. The average Bonchev–Trinajstić information content (AvgIpc) is 3.20. The Labute approximate surface area is 148 Å². The fourth-order valence-corrected chi connectivity index (χ4v) is 3.20. The van der Waals surface area contributed by atoms with E-state index in [1.165, 1.54) is 0 Å². The lowest BCUT2D eigenvalue weighted by atomic mass is 9.96. The molecular weight excluding hydrogens is 318 g/mol. The van der Waals surface area contributed by atoms with E-state index in [0.717, 1.165) is 38.0 Å². The fraction of sp³-hybridized carbons (Fsp3) is 0.632. The van der Waals surface area contributed by atoms with Gasteiger partial charge in [0.25, 0.3) is 0 Å². The van der Waals surface area contributed by atoms with Crippen LogP contribution in [0.25, 0.3) is 0 Å². The number of nitrogens with zero attached hydrogens (tertiary/aromatic N) is 3. The van der Waals surface area contributed by atoms with Crippen molar-refractivity contribution in [3.63, 3.8) is 0 Å².